The second-order valence-electron chi connectivity index (χ2n) is 6.09. The first-order valence-electron chi connectivity index (χ1n) is 7.68. The minimum Gasteiger partial charge on any atom is -0.336 e. The molecule has 1 aromatic carbocycles. The first kappa shape index (κ1) is 19.3. The average Bonchev–Trinajstić information content (AvgIpc) is 2.87. The molecule has 0 bridgehead atoms. The zero-order chi connectivity index (χ0) is 16.1. The molecule has 1 aromatic rings. The van der Waals surface area contributed by atoms with Crippen LogP contribution in [0, 0.1) is 5.92 Å². The van der Waals surface area contributed by atoms with Gasteiger partial charge in [-0.3, -0.25) is 4.79 Å². The summed E-state index contributed by atoms with van der Waals surface area (Å²) in [6.07, 6.45) is 2.51. The summed E-state index contributed by atoms with van der Waals surface area (Å²) >= 11 is 0. The summed E-state index contributed by atoms with van der Waals surface area (Å²) in [5.41, 5.74) is 7.23. The number of nitrogens with two attached hydrogens (primary N) is 1. The van der Waals surface area contributed by atoms with E-state index in [1.165, 1.54) is 0 Å². The van der Waals surface area contributed by atoms with Gasteiger partial charge in [-0.2, -0.15) is 0 Å². The van der Waals surface area contributed by atoms with Gasteiger partial charge in [0.2, 0.25) is 5.91 Å². The Labute approximate surface area is 143 Å². The van der Waals surface area contributed by atoms with Crippen molar-refractivity contribution in [2.45, 2.75) is 45.2 Å². The molecular weight excluding hydrogens is 316 g/mol. The predicted octanol–water partition coefficient (Wildman–Crippen LogP) is 2.70. The molecule has 2 rings (SSSR count). The molecule has 128 valence electrons. The number of carbonyl (C=O) groups excluding carboxylic acids is 2. The van der Waals surface area contributed by atoms with Crippen LogP contribution in [-0.2, 0) is 4.79 Å². The van der Waals surface area contributed by atoms with Crippen LogP contribution in [0.4, 0.5) is 16.2 Å². The molecule has 0 heterocycles. The third-order valence-electron chi connectivity index (χ3n) is 3.67. The van der Waals surface area contributed by atoms with E-state index in [1.54, 1.807) is 24.3 Å². The van der Waals surface area contributed by atoms with Gasteiger partial charge in [0.05, 0.1) is 0 Å². The first-order chi connectivity index (χ1) is 10.4. The monoisotopic (exact) mass is 340 g/mol. The SMILES string of the molecule is CC(C)NC(=O)Nc1ccc(NC(=O)C2CCC(N)C2)cc1.Cl. The maximum atomic E-state index is 12.1. The number of benzene rings is 1. The van der Waals surface area contributed by atoms with Crippen molar-refractivity contribution in [3.8, 4) is 0 Å². The summed E-state index contributed by atoms with van der Waals surface area (Å²) in [6.45, 7) is 3.79. The van der Waals surface area contributed by atoms with Crippen molar-refractivity contribution in [2.24, 2.45) is 11.7 Å². The summed E-state index contributed by atoms with van der Waals surface area (Å²) in [6, 6.07) is 7.05. The van der Waals surface area contributed by atoms with Crippen molar-refractivity contribution < 1.29 is 9.59 Å². The largest absolute Gasteiger partial charge is 0.336 e. The summed E-state index contributed by atoms with van der Waals surface area (Å²) in [5, 5.41) is 8.38. The molecular formula is C16H25ClN4O2. The molecule has 23 heavy (non-hydrogen) atoms. The Morgan fingerprint density at radius 2 is 1.65 bits per heavy atom. The van der Waals surface area contributed by atoms with Gasteiger partial charge in [-0.25, -0.2) is 4.79 Å². The van der Waals surface area contributed by atoms with Gasteiger partial charge in [-0.1, -0.05) is 0 Å². The lowest BCUT2D eigenvalue weighted by atomic mass is 10.1. The fourth-order valence-electron chi connectivity index (χ4n) is 2.57. The highest BCUT2D eigenvalue weighted by Crippen LogP contribution is 2.25. The van der Waals surface area contributed by atoms with E-state index in [0.29, 0.717) is 5.69 Å². The highest BCUT2D eigenvalue weighted by Gasteiger charge is 2.27. The van der Waals surface area contributed by atoms with Gasteiger partial charge in [0.15, 0.2) is 0 Å². The van der Waals surface area contributed by atoms with Crippen molar-refractivity contribution in [3.05, 3.63) is 24.3 Å². The van der Waals surface area contributed by atoms with E-state index in [-0.39, 0.29) is 42.3 Å². The Bertz CT molecular complexity index is 533. The summed E-state index contributed by atoms with van der Waals surface area (Å²) < 4.78 is 0. The molecule has 1 fully saturated rings. The lowest BCUT2D eigenvalue weighted by molar-refractivity contribution is -0.119. The highest BCUT2D eigenvalue weighted by atomic mass is 35.5. The van der Waals surface area contributed by atoms with Crippen LogP contribution in [0.25, 0.3) is 0 Å². The zero-order valence-electron chi connectivity index (χ0n) is 13.5. The van der Waals surface area contributed by atoms with Gasteiger partial charge in [0.1, 0.15) is 0 Å². The summed E-state index contributed by atoms with van der Waals surface area (Å²) in [4.78, 5) is 23.7. The van der Waals surface area contributed by atoms with E-state index < -0.39 is 0 Å². The fourth-order valence-corrected chi connectivity index (χ4v) is 2.57. The molecule has 0 spiro atoms. The van der Waals surface area contributed by atoms with Gasteiger partial charge in [-0.15, -0.1) is 12.4 Å². The van der Waals surface area contributed by atoms with Crippen LogP contribution < -0.4 is 21.7 Å². The number of halogens is 1. The van der Waals surface area contributed by atoms with E-state index in [2.05, 4.69) is 16.0 Å². The normalized spacial score (nSPS) is 19.8. The fraction of sp³-hybridized carbons (Fsp3) is 0.500. The number of carbonyl (C=O) groups is 2. The third kappa shape index (κ3) is 6.08. The molecule has 1 aliphatic rings. The minimum atomic E-state index is -0.244. The van der Waals surface area contributed by atoms with Gasteiger partial charge in [0.25, 0.3) is 0 Å². The quantitative estimate of drug-likeness (QED) is 0.678. The van der Waals surface area contributed by atoms with Gasteiger partial charge < -0.3 is 21.7 Å². The lowest BCUT2D eigenvalue weighted by Gasteiger charge is -2.12. The number of anilines is 2. The standard InChI is InChI=1S/C16H24N4O2.ClH/c1-10(2)18-16(22)20-14-7-5-13(6-8-14)19-15(21)11-3-4-12(17)9-11;/h5-8,10-12H,3-4,9,17H2,1-2H3,(H,19,21)(H2,18,20,22);1H. The highest BCUT2D eigenvalue weighted by molar-refractivity contribution is 5.93. The maximum Gasteiger partial charge on any atom is 0.319 e. The molecule has 2 unspecified atom stereocenters. The van der Waals surface area contributed by atoms with Crippen LogP contribution in [-0.4, -0.2) is 24.0 Å². The number of hydrogen-bond acceptors (Lipinski definition) is 3. The van der Waals surface area contributed by atoms with Gasteiger partial charge >= 0.3 is 6.03 Å². The smallest absolute Gasteiger partial charge is 0.319 e. The summed E-state index contributed by atoms with van der Waals surface area (Å²) in [7, 11) is 0. The molecule has 0 radical (unpaired) electrons. The van der Waals surface area contributed by atoms with E-state index in [9.17, 15) is 9.59 Å². The number of nitrogens with one attached hydrogen (secondary N) is 3. The van der Waals surface area contributed by atoms with Crippen molar-refractivity contribution in [3.63, 3.8) is 0 Å². The first-order valence-corrected chi connectivity index (χ1v) is 7.68. The Morgan fingerprint density at radius 1 is 1.09 bits per heavy atom. The maximum absolute atomic E-state index is 12.1. The molecule has 0 aromatic heterocycles. The third-order valence-corrected chi connectivity index (χ3v) is 3.67. The summed E-state index contributed by atoms with van der Waals surface area (Å²) in [5.74, 6) is 0.0239. The van der Waals surface area contributed by atoms with Gasteiger partial charge in [0, 0.05) is 29.4 Å². The predicted molar refractivity (Wildman–Crippen MR) is 94.9 cm³/mol. The second kappa shape index (κ2) is 8.74. The van der Waals surface area contributed by atoms with E-state index >= 15 is 0 Å². The molecule has 0 aliphatic heterocycles. The molecule has 6 nitrogen and oxygen atoms in total. The number of amides is 3. The van der Waals surface area contributed by atoms with Crippen LogP contribution >= 0.6 is 12.4 Å². The van der Waals surface area contributed by atoms with E-state index in [1.807, 2.05) is 13.8 Å². The van der Waals surface area contributed by atoms with Crippen LogP contribution in [0.3, 0.4) is 0 Å². The Morgan fingerprint density at radius 3 is 2.13 bits per heavy atom. The molecule has 1 aliphatic carbocycles. The topological polar surface area (TPSA) is 96.2 Å². The van der Waals surface area contributed by atoms with Crippen molar-refractivity contribution in [1.82, 2.24) is 5.32 Å². The number of rotatable bonds is 4. The zero-order valence-corrected chi connectivity index (χ0v) is 14.3. The van der Waals surface area contributed by atoms with E-state index in [4.69, 9.17) is 5.73 Å². The molecule has 2 atom stereocenters. The van der Waals surface area contributed by atoms with Crippen molar-refractivity contribution in [2.75, 3.05) is 10.6 Å². The Kier molecular flexibility index (Phi) is 7.32. The minimum absolute atomic E-state index is 0. The average molecular weight is 341 g/mol. The van der Waals surface area contributed by atoms with Crippen LogP contribution in [0.5, 0.6) is 0 Å². The Hall–Kier alpha value is -1.79. The van der Waals surface area contributed by atoms with Crippen LogP contribution in [0.15, 0.2) is 24.3 Å². The number of hydrogen-bond donors (Lipinski definition) is 4. The van der Waals surface area contributed by atoms with Crippen molar-refractivity contribution >= 4 is 35.7 Å². The Balaban J connectivity index is 0.00000264. The van der Waals surface area contributed by atoms with Gasteiger partial charge in [-0.05, 0) is 57.4 Å². The molecule has 5 N–H and O–H groups in total. The lowest BCUT2D eigenvalue weighted by Crippen LogP contribution is -2.34. The van der Waals surface area contributed by atoms with Crippen molar-refractivity contribution in [1.29, 1.82) is 0 Å². The molecule has 7 heteroatoms. The molecule has 0 saturated heterocycles. The molecule has 3 amide bonds. The van der Waals surface area contributed by atoms with E-state index in [0.717, 1.165) is 24.9 Å². The van der Waals surface area contributed by atoms with Crippen LogP contribution in [0.2, 0.25) is 0 Å². The molecule has 1 saturated carbocycles. The second-order valence-corrected chi connectivity index (χ2v) is 6.09. The van der Waals surface area contributed by atoms with Crippen LogP contribution in [0.1, 0.15) is 33.1 Å². The number of urea groups is 1.